The average Bonchev–Trinajstić information content (AvgIpc) is 3.19. The van der Waals surface area contributed by atoms with Gasteiger partial charge in [0.05, 0.1) is 10.6 Å². The Morgan fingerprint density at radius 1 is 1.33 bits per heavy atom. The van der Waals surface area contributed by atoms with E-state index in [2.05, 4.69) is 23.3 Å². The number of benzene rings is 2. The van der Waals surface area contributed by atoms with Crippen molar-refractivity contribution in [1.82, 2.24) is 4.98 Å². The van der Waals surface area contributed by atoms with Gasteiger partial charge in [-0.05, 0) is 24.1 Å². The summed E-state index contributed by atoms with van der Waals surface area (Å²) in [6, 6.07) is 16.4. The maximum atomic E-state index is 10.9. The van der Waals surface area contributed by atoms with Crippen LogP contribution >= 0.6 is 11.3 Å². The lowest BCUT2D eigenvalue weighted by Gasteiger charge is -2.03. The summed E-state index contributed by atoms with van der Waals surface area (Å²) in [7, 11) is 0. The second-order valence-electron chi connectivity index (χ2n) is 5.71. The van der Waals surface area contributed by atoms with Crippen molar-refractivity contribution in [2.45, 2.75) is 13.3 Å². The summed E-state index contributed by atoms with van der Waals surface area (Å²) in [5.74, 6) is 0. The molecule has 1 N–H and O–H groups in total. The maximum absolute atomic E-state index is 10.9. The van der Waals surface area contributed by atoms with Crippen molar-refractivity contribution in [2.24, 2.45) is 0 Å². The van der Waals surface area contributed by atoms with E-state index in [1.54, 1.807) is 23.7 Å². The number of hydrogen-bond donors (Lipinski definition) is 1. The van der Waals surface area contributed by atoms with Gasteiger partial charge >= 0.3 is 0 Å². The molecule has 27 heavy (non-hydrogen) atoms. The fraction of sp³-hybridized carbons (Fsp3) is 0.100. The molecule has 3 rings (SSSR count). The van der Waals surface area contributed by atoms with Crippen LogP contribution in [0.3, 0.4) is 0 Å². The van der Waals surface area contributed by atoms with E-state index in [9.17, 15) is 15.4 Å². The van der Waals surface area contributed by atoms with Crippen LogP contribution in [0.15, 0.2) is 60.1 Å². The largest absolute Gasteiger partial charge is 0.360 e. The van der Waals surface area contributed by atoms with Crippen LogP contribution in [0.4, 0.5) is 11.4 Å². The molecule has 1 heterocycles. The number of nitriles is 1. The zero-order valence-electron chi connectivity index (χ0n) is 14.5. The third-order valence-electron chi connectivity index (χ3n) is 3.95. The van der Waals surface area contributed by atoms with Crippen LogP contribution in [0, 0.1) is 21.4 Å². The predicted octanol–water partition coefficient (Wildman–Crippen LogP) is 5.26. The molecular weight excluding hydrogens is 360 g/mol. The summed E-state index contributed by atoms with van der Waals surface area (Å²) in [6.07, 6.45) is 2.59. The summed E-state index contributed by atoms with van der Waals surface area (Å²) >= 11 is 1.32. The van der Waals surface area contributed by atoms with Gasteiger partial charge in [0.2, 0.25) is 0 Å². The van der Waals surface area contributed by atoms with Gasteiger partial charge < -0.3 is 5.32 Å². The van der Waals surface area contributed by atoms with Crippen molar-refractivity contribution in [3.05, 3.63) is 80.8 Å². The number of nitrogens with one attached hydrogen (secondary N) is 1. The number of aryl methyl sites for hydroxylation is 1. The van der Waals surface area contributed by atoms with Gasteiger partial charge in [0.1, 0.15) is 16.6 Å². The fourth-order valence-corrected chi connectivity index (χ4v) is 3.24. The number of non-ortho nitro benzene ring substituents is 1. The molecule has 2 aromatic carbocycles. The second kappa shape index (κ2) is 8.25. The molecule has 0 saturated heterocycles. The standard InChI is InChI=1S/C20H16N4O2S/c1-2-14-6-8-17(9-7-14)22-12-16(11-21)20-23-19(13-27-20)15-4-3-5-18(10-15)24(25)26/h3-10,12-13,22H,2H2,1H3/b16-12+. The first-order valence-corrected chi connectivity index (χ1v) is 9.15. The van der Waals surface area contributed by atoms with Crippen LogP contribution in [-0.4, -0.2) is 9.91 Å². The topological polar surface area (TPSA) is 91.8 Å². The van der Waals surface area contributed by atoms with Gasteiger partial charge in [0.25, 0.3) is 5.69 Å². The average molecular weight is 376 g/mol. The second-order valence-corrected chi connectivity index (χ2v) is 6.57. The number of thiazole rings is 1. The number of aromatic nitrogens is 1. The first-order chi connectivity index (χ1) is 13.1. The molecule has 0 aliphatic carbocycles. The Kier molecular flexibility index (Phi) is 5.59. The Bertz CT molecular complexity index is 1030. The van der Waals surface area contributed by atoms with Crippen molar-refractivity contribution in [2.75, 3.05) is 5.32 Å². The molecule has 0 amide bonds. The van der Waals surface area contributed by atoms with Gasteiger partial charge in [-0.2, -0.15) is 5.26 Å². The molecule has 0 unspecified atom stereocenters. The molecule has 0 aliphatic heterocycles. The van der Waals surface area contributed by atoms with Gasteiger partial charge in [-0.25, -0.2) is 4.98 Å². The van der Waals surface area contributed by atoms with Gasteiger partial charge in [-0.3, -0.25) is 10.1 Å². The van der Waals surface area contributed by atoms with Crippen molar-refractivity contribution in [1.29, 1.82) is 5.26 Å². The van der Waals surface area contributed by atoms with Crippen LogP contribution < -0.4 is 5.32 Å². The van der Waals surface area contributed by atoms with E-state index in [1.165, 1.54) is 29.0 Å². The summed E-state index contributed by atoms with van der Waals surface area (Å²) in [6.45, 7) is 2.09. The highest BCUT2D eigenvalue weighted by molar-refractivity contribution is 7.11. The molecule has 134 valence electrons. The lowest BCUT2D eigenvalue weighted by molar-refractivity contribution is -0.384. The lowest BCUT2D eigenvalue weighted by Crippen LogP contribution is -1.92. The van der Waals surface area contributed by atoms with Gasteiger partial charge in [-0.1, -0.05) is 31.2 Å². The van der Waals surface area contributed by atoms with Crippen molar-refractivity contribution in [3.8, 4) is 17.3 Å². The van der Waals surface area contributed by atoms with E-state index in [1.807, 2.05) is 24.3 Å². The van der Waals surface area contributed by atoms with E-state index in [0.717, 1.165) is 12.1 Å². The zero-order chi connectivity index (χ0) is 19.2. The number of nitro groups is 1. The molecule has 7 heteroatoms. The van der Waals surface area contributed by atoms with Crippen LogP contribution in [0.25, 0.3) is 16.8 Å². The lowest BCUT2D eigenvalue weighted by atomic mass is 10.1. The first-order valence-electron chi connectivity index (χ1n) is 8.27. The number of nitrogens with zero attached hydrogens (tertiary/aromatic N) is 3. The summed E-state index contributed by atoms with van der Waals surface area (Å²) < 4.78 is 0. The van der Waals surface area contributed by atoms with Crippen molar-refractivity contribution < 1.29 is 4.92 Å². The predicted molar refractivity (Wildman–Crippen MR) is 107 cm³/mol. The molecule has 3 aromatic rings. The van der Waals surface area contributed by atoms with Crippen LogP contribution in [0.2, 0.25) is 0 Å². The highest BCUT2D eigenvalue weighted by Crippen LogP contribution is 2.28. The Hall–Kier alpha value is -3.50. The minimum atomic E-state index is -0.439. The van der Waals surface area contributed by atoms with Crippen LogP contribution in [-0.2, 0) is 6.42 Å². The molecular formula is C20H16N4O2S. The third-order valence-corrected chi connectivity index (χ3v) is 4.83. The SMILES string of the molecule is CCc1ccc(N/C=C(\C#N)c2nc(-c3cccc([N+](=O)[O-])c3)cs2)cc1. The van der Waals surface area contributed by atoms with E-state index in [-0.39, 0.29) is 5.69 Å². The van der Waals surface area contributed by atoms with E-state index in [4.69, 9.17) is 0 Å². The molecule has 0 atom stereocenters. The molecule has 0 aliphatic rings. The molecule has 6 nitrogen and oxygen atoms in total. The van der Waals surface area contributed by atoms with E-state index < -0.39 is 4.92 Å². The highest BCUT2D eigenvalue weighted by Gasteiger charge is 2.12. The monoisotopic (exact) mass is 376 g/mol. The Morgan fingerprint density at radius 3 is 2.78 bits per heavy atom. The van der Waals surface area contributed by atoms with Crippen molar-refractivity contribution >= 4 is 28.3 Å². The Balaban J connectivity index is 1.81. The number of anilines is 1. The molecule has 0 fully saturated rings. The Morgan fingerprint density at radius 2 is 2.11 bits per heavy atom. The zero-order valence-corrected chi connectivity index (χ0v) is 15.4. The maximum Gasteiger partial charge on any atom is 0.270 e. The van der Waals surface area contributed by atoms with Gasteiger partial charge in [0.15, 0.2) is 0 Å². The van der Waals surface area contributed by atoms with Crippen LogP contribution in [0.5, 0.6) is 0 Å². The van der Waals surface area contributed by atoms with Gasteiger partial charge in [-0.15, -0.1) is 11.3 Å². The molecule has 0 radical (unpaired) electrons. The minimum Gasteiger partial charge on any atom is -0.360 e. The molecule has 1 aromatic heterocycles. The molecule has 0 bridgehead atoms. The quantitative estimate of drug-likeness (QED) is 0.360. The number of allylic oxidation sites excluding steroid dienone is 1. The first kappa shape index (κ1) is 18.3. The van der Waals surface area contributed by atoms with Crippen molar-refractivity contribution in [3.63, 3.8) is 0 Å². The molecule has 0 saturated carbocycles. The summed E-state index contributed by atoms with van der Waals surface area (Å²) in [4.78, 5) is 14.9. The number of rotatable bonds is 6. The fourth-order valence-electron chi connectivity index (χ4n) is 2.44. The Labute approximate surface area is 160 Å². The van der Waals surface area contributed by atoms with E-state index in [0.29, 0.717) is 21.8 Å². The minimum absolute atomic E-state index is 0.00953. The normalized spacial score (nSPS) is 11.0. The summed E-state index contributed by atoms with van der Waals surface area (Å²) in [5, 5.41) is 25.8. The third kappa shape index (κ3) is 4.37. The molecule has 0 spiro atoms. The van der Waals surface area contributed by atoms with E-state index >= 15 is 0 Å². The highest BCUT2D eigenvalue weighted by atomic mass is 32.1. The van der Waals surface area contributed by atoms with Gasteiger partial charge in [0, 0.05) is 35.0 Å². The smallest absolute Gasteiger partial charge is 0.270 e. The summed E-state index contributed by atoms with van der Waals surface area (Å²) in [5.41, 5.74) is 3.78. The number of nitro benzene ring substituents is 1. The van der Waals surface area contributed by atoms with Crippen LogP contribution in [0.1, 0.15) is 17.5 Å². The number of hydrogen-bond acceptors (Lipinski definition) is 6.